The first-order valence-electron chi connectivity index (χ1n) is 8.78. The van der Waals surface area contributed by atoms with E-state index in [0.717, 1.165) is 16.9 Å². The lowest BCUT2D eigenvalue weighted by Gasteiger charge is -2.06. The molecule has 5 nitrogen and oxygen atoms in total. The fourth-order valence-electron chi connectivity index (χ4n) is 2.57. The van der Waals surface area contributed by atoms with Crippen LogP contribution in [0.3, 0.4) is 0 Å². The van der Waals surface area contributed by atoms with Crippen molar-refractivity contribution >= 4 is 28.2 Å². The fourth-order valence-corrected chi connectivity index (χ4v) is 3.46. The van der Waals surface area contributed by atoms with Gasteiger partial charge in [-0.3, -0.25) is 9.59 Å². The molecule has 7 heteroatoms. The highest BCUT2D eigenvalue weighted by Gasteiger charge is 2.17. The first kappa shape index (κ1) is 19.7. The molecule has 0 saturated heterocycles. The van der Waals surface area contributed by atoms with Gasteiger partial charge in [0.15, 0.2) is 10.9 Å². The summed E-state index contributed by atoms with van der Waals surface area (Å²) in [4.78, 5) is 29.0. The number of thiazole rings is 1. The Morgan fingerprint density at radius 2 is 1.93 bits per heavy atom. The average Bonchev–Trinajstić information content (AvgIpc) is 3.10. The van der Waals surface area contributed by atoms with Crippen molar-refractivity contribution in [2.24, 2.45) is 0 Å². The molecule has 0 aliphatic heterocycles. The van der Waals surface area contributed by atoms with Crippen LogP contribution in [-0.4, -0.2) is 23.3 Å². The van der Waals surface area contributed by atoms with Crippen molar-refractivity contribution in [2.45, 2.75) is 19.8 Å². The van der Waals surface area contributed by atoms with Crippen LogP contribution < -0.4 is 10.1 Å². The molecule has 1 aromatic heterocycles. The zero-order chi connectivity index (χ0) is 19.9. The number of anilines is 1. The van der Waals surface area contributed by atoms with Crippen LogP contribution in [0.25, 0.3) is 11.3 Å². The second-order valence-corrected chi connectivity index (χ2v) is 7.08. The van der Waals surface area contributed by atoms with E-state index in [4.69, 9.17) is 4.74 Å². The van der Waals surface area contributed by atoms with Crippen molar-refractivity contribution in [1.29, 1.82) is 0 Å². The van der Waals surface area contributed by atoms with Gasteiger partial charge in [-0.2, -0.15) is 0 Å². The quantitative estimate of drug-likeness (QED) is 0.431. The van der Waals surface area contributed by atoms with E-state index >= 15 is 0 Å². The number of benzene rings is 2. The number of carbonyl (C=O) groups excluding carboxylic acids is 2. The van der Waals surface area contributed by atoms with E-state index in [-0.39, 0.29) is 23.9 Å². The maximum Gasteiger partial charge on any atom is 0.226 e. The van der Waals surface area contributed by atoms with Crippen LogP contribution in [0.5, 0.6) is 5.75 Å². The lowest BCUT2D eigenvalue weighted by molar-refractivity contribution is -0.116. The molecule has 1 amide bonds. The van der Waals surface area contributed by atoms with Crippen LogP contribution in [0, 0.1) is 5.82 Å². The monoisotopic (exact) mass is 398 g/mol. The van der Waals surface area contributed by atoms with Crippen LogP contribution in [0.15, 0.2) is 54.6 Å². The van der Waals surface area contributed by atoms with Gasteiger partial charge in [-0.15, -0.1) is 0 Å². The first-order valence-corrected chi connectivity index (χ1v) is 9.60. The van der Waals surface area contributed by atoms with Crippen LogP contribution in [0.2, 0.25) is 0 Å². The Kier molecular flexibility index (Phi) is 6.49. The number of hydrogen-bond donors (Lipinski definition) is 1. The molecule has 0 saturated carbocycles. The van der Waals surface area contributed by atoms with Crippen molar-refractivity contribution in [3.8, 4) is 17.0 Å². The number of ketones is 1. The summed E-state index contributed by atoms with van der Waals surface area (Å²) in [5.41, 5.74) is 1.40. The van der Waals surface area contributed by atoms with E-state index in [1.807, 2.05) is 30.3 Å². The largest absolute Gasteiger partial charge is 0.493 e. The van der Waals surface area contributed by atoms with Gasteiger partial charge in [0.1, 0.15) is 11.6 Å². The highest BCUT2D eigenvalue weighted by molar-refractivity contribution is 7.18. The Bertz CT molecular complexity index is 973. The standard InChI is InChI=1S/C21H19FN2O3S/c1-14(25)20-19(15-7-3-2-4-8-15)24-21(28-20)23-18(26)11-6-12-27-17-10-5-9-16(22)13-17/h2-5,7-10,13H,6,11-12H2,1H3,(H,23,24,26). The number of nitrogens with zero attached hydrogens (tertiary/aromatic N) is 1. The topological polar surface area (TPSA) is 68.3 Å². The highest BCUT2D eigenvalue weighted by atomic mass is 32.1. The highest BCUT2D eigenvalue weighted by Crippen LogP contribution is 2.31. The molecule has 2 aromatic carbocycles. The van der Waals surface area contributed by atoms with Crippen molar-refractivity contribution in [1.82, 2.24) is 4.98 Å². The van der Waals surface area contributed by atoms with Gasteiger partial charge in [0.2, 0.25) is 5.91 Å². The minimum atomic E-state index is -0.366. The molecular formula is C21H19FN2O3S. The predicted molar refractivity (Wildman–Crippen MR) is 107 cm³/mol. The van der Waals surface area contributed by atoms with Crippen molar-refractivity contribution < 1.29 is 18.7 Å². The molecular weight excluding hydrogens is 379 g/mol. The van der Waals surface area contributed by atoms with Crippen molar-refractivity contribution in [2.75, 3.05) is 11.9 Å². The lowest BCUT2D eigenvalue weighted by atomic mass is 10.1. The van der Waals surface area contributed by atoms with E-state index < -0.39 is 0 Å². The molecule has 0 bridgehead atoms. The molecule has 3 rings (SSSR count). The number of halogens is 1. The molecule has 144 valence electrons. The normalized spacial score (nSPS) is 10.5. The van der Waals surface area contributed by atoms with Gasteiger partial charge in [-0.25, -0.2) is 9.37 Å². The van der Waals surface area contributed by atoms with Gasteiger partial charge in [0, 0.05) is 25.0 Å². The molecule has 0 atom stereocenters. The number of Topliss-reactive ketones (excluding diaryl/α,β-unsaturated/α-hetero) is 1. The third kappa shape index (κ3) is 5.23. The summed E-state index contributed by atoms with van der Waals surface area (Å²) in [6.07, 6.45) is 0.698. The number of nitrogens with one attached hydrogen (secondary N) is 1. The summed E-state index contributed by atoms with van der Waals surface area (Å²) in [7, 11) is 0. The van der Waals surface area contributed by atoms with Gasteiger partial charge >= 0.3 is 0 Å². The first-order chi connectivity index (χ1) is 13.5. The number of hydrogen-bond acceptors (Lipinski definition) is 5. The molecule has 0 aliphatic carbocycles. The molecule has 3 aromatic rings. The van der Waals surface area contributed by atoms with Gasteiger partial charge < -0.3 is 10.1 Å². The minimum Gasteiger partial charge on any atom is -0.493 e. The van der Waals surface area contributed by atoms with Gasteiger partial charge in [-0.1, -0.05) is 47.7 Å². The van der Waals surface area contributed by atoms with E-state index in [9.17, 15) is 14.0 Å². The van der Waals surface area contributed by atoms with E-state index in [2.05, 4.69) is 10.3 Å². The number of aromatic nitrogens is 1. The second-order valence-electron chi connectivity index (χ2n) is 6.08. The number of amides is 1. The third-order valence-electron chi connectivity index (χ3n) is 3.85. The van der Waals surface area contributed by atoms with E-state index in [1.165, 1.54) is 19.1 Å². The number of rotatable bonds is 8. The Hall–Kier alpha value is -3.06. The van der Waals surface area contributed by atoms with Crippen molar-refractivity contribution in [3.05, 3.63) is 65.3 Å². The maximum atomic E-state index is 13.1. The Morgan fingerprint density at radius 3 is 2.64 bits per heavy atom. The number of ether oxygens (including phenoxy) is 1. The molecule has 1 heterocycles. The summed E-state index contributed by atoms with van der Waals surface area (Å²) in [5.74, 6) is -0.250. The smallest absolute Gasteiger partial charge is 0.226 e. The zero-order valence-corrected chi connectivity index (χ0v) is 16.1. The summed E-state index contributed by atoms with van der Waals surface area (Å²) in [6.45, 7) is 1.78. The lowest BCUT2D eigenvalue weighted by Crippen LogP contribution is -2.12. The fraction of sp³-hybridized carbons (Fsp3) is 0.190. The van der Waals surface area contributed by atoms with E-state index in [0.29, 0.717) is 34.5 Å². The van der Waals surface area contributed by atoms with Crippen LogP contribution in [-0.2, 0) is 4.79 Å². The van der Waals surface area contributed by atoms with Crippen LogP contribution in [0.4, 0.5) is 9.52 Å². The van der Waals surface area contributed by atoms with Crippen LogP contribution in [0.1, 0.15) is 29.4 Å². The molecule has 0 spiro atoms. The predicted octanol–water partition coefficient (Wildman–Crippen LogP) is 4.95. The average molecular weight is 398 g/mol. The molecule has 0 unspecified atom stereocenters. The molecule has 28 heavy (non-hydrogen) atoms. The Morgan fingerprint density at radius 1 is 1.14 bits per heavy atom. The molecule has 1 N–H and O–H groups in total. The maximum absolute atomic E-state index is 13.1. The van der Waals surface area contributed by atoms with Gasteiger partial charge in [0.05, 0.1) is 17.2 Å². The van der Waals surface area contributed by atoms with Gasteiger partial charge in [0.25, 0.3) is 0 Å². The Labute approximate surface area is 166 Å². The summed E-state index contributed by atoms with van der Waals surface area (Å²) >= 11 is 1.16. The molecule has 0 radical (unpaired) electrons. The third-order valence-corrected chi connectivity index (χ3v) is 4.93. The van der Waals surface area contributed by atoms with Gasteiger partial charge in [-0.05, 0) is 18.6 Å². The molecule has 0 aliphatic rings. The summed E-state index contributed by atoms with van der Waals surface area (Å²) in [5, 5.41) is 3.12. The number of carbonyl (C=O) groups is 2. The second kappa shape index (κ2) is 9.23. The Balaban J connectivity index is 1.56. The van der Waals surface area contributed by atoms with E-state index in [1.54, 1.807) is 12.1 Å². The molecule has 0 fully saturated rings. The SMILES string of the molecule is CC(=O)c1sc(NC(=O)CCCOc2cccc(F)c2)nc1-c1ccccc1. The minimum absolute atomic E-state index is 0.0969. The summed E-state index contributed by atoms with van der Waals surface area (Å²) < 4.78 is 18.5. The van der Waals surface area contributed by atoms with Crippen LogP contribution >= 0.6 is 11.3 Å². The van der Waals surface area contributed by atoms with Crippen molar-refractivity contribution in [3.63, 3.8) is 0 Å². The summed E-state index contributed by atoms with van der Waals surface area (Å²) in [6, 6.07) is 15.2. The zero-order valence-electron chi connectivity index (χ0n) is 15.3.